The molecule has 3 aliphatic heterocycles. The van der Waals surface area contributed by atoms with Crippen LogP contribution in [0, 0.1) is 0 Å². The molecule has 0 saturated carbocycles. The third-order valence-corrected chi connectivity index (χ3v) is 8.23. The molecule has 0 aromatic rings. The van der Waals surface area contributed by atoms with Gasteiger partial charge in [-0.3, -0.25) is 4.79 Å². The van der Waals surface area contributed by atoms with Crippen molar-refractivity contribution in [2.75, 3.05) is 33.0 Å². The maximum absolute atomic E-state index is 12.0. The monoisotopic (exact) mass is 709 g/mol. The molecule has 0 bridgehead atoms. The largest absolute Gasteiger partial charge is 0.394 e. The smallest absolute Gasteiger partial charge is 0.217 e. The lowest BCUT2D eigenvalue weighted by Gasteiger charge is -2.47. The Balaban J connectivity index is 1.79. The van der Waals surface area contributed by atoms with Gasteiger partial charge < -0.3 is 105 Å². The second kappa shape index (κ2) is 18.2. The minimum absolute atomic E-state index is 0.740. The molecule has 15 N–H and O–H groups in total. The highest BCUT2D eigenvalue weighted by Crippen LogP contribution is 2.30. The van der Waals surface area contributed by atoms with Gasteiger partial charge in [-0.05, 0) is 0 Å². The summed E-state index contributed by atoms with van der Waals surface area (Å²) in [6.45, 7) is -3.43. The van der Waals surface area contributed by atoms with Gasteiger partial charge in [-0.25, -0.2) is 0 Å². The van der Waals surface area contributed by atoms with E-state index in [1.54, 1.807) is 0 Å². The summed E-state index contributed by atoms with van der Waals surface area (Å²) < 4.78 is 32.7. The summed E-state index contributed by atoms with van der Waals surface area (Å²) in [4.78, 5) is 12.0. The van der Waals surface area contributed by atoms with Crippen LogP contribution in [-0.4, -0.2) is 227 Å². The summed E-state index contributed by atoms with van der Waals surface area (Å²) in [6.07, 6.45) is -32.5. The van der Waals surface area contributed by atoms with E-state index in [4.69, 9.17) is 28.4 Å². The first-order valence-electron chi connectivity index (χ1n) is 15.0. The third-order valence-electron chi connectivity index (χ3n) is 8.23. The van der Waals surface area contributed by atoms with Crippen molar-refractivity contribution < 1.29 is 105 Å². The molecule has 19 atom stereocenters. The molecule has 22 nitrogen and oxygen atoms in total. The number of carbonyl (C=O) groups excluding carboxylic acids is 1. The van der Waals surface area contributed by atoms with Crippen LogP contribution in [-0.2, 0) is 33.2 Å². The van der Waals surface area contributed by atoms with Crippen molar-refractivity contribution in [1.29, 1.82) is 0 Å². The second-order valence-electron chi connectivity index (χ2n) is 11.7. The van der Waals surface area contributed by atoms with Gasteiger partial charge in [0.1, 0.15) is 97.6 Å². The minimum atomic E-state index is -2.12. The van der Waals surface area contributed by atoms with E-state index in [0.29, 0.717) is 0 Å². The first-order chi connectivity index (χ1) is 22.6. The lowest BCUT2D eigenvalue weighted by molar-refractivity contribution is -0.351. The van der Waals surface area contributed by atoms with Crippen LogP contribution < -0.4 is 5.32 Å². The second-order valence-corrected chi connectivity index (χ2v) is 11.7. The topological polar surface area (TPSA) is 368 Å². The molecule has 0 unspecified atom stereocenters. The number of hydrogen-bond acceptors (Lipinski definition) is 21. The highest BCUT2D eigenvalue weighted by atomic mass is 16.7. The van der Waals surface area contributed by atoms with Gasteiger partial charge in [0.05, 0.1) is 33.0 Å². The minimum Gasteiger partial charge on any atom is -0.394 e. The van der Waals surface area contributed by atoms with Crippen molar-refractivity contribution in [2.45, 2.75) is 123 Å². The summed E-state index contributed by atoms with van der Waals surface area (Å²) in [7, 11) is 0. The van der Waals surface area contributed by atoms with E-state index in [0.717, 1.165) is 6.92 Å². The van der Waals surface area contributed by atoms with E-state index in [2.05, 4.69) is 5.32 Å². The fourth-order valence-electron chi connectivity index (χ4n) is 5.45. The van der Waals surface area contributed by atoms with Crippen molar-refractivity contribution in [2.24, 2.45) is 0 Å². The Labute approximate surface area is 272 Å². The zero-order valence-corrected chi connectivity index (χ0v) is 25.6. The van der Waals surface area contributed by atoms with E-state index in [1.807, 2.05) is 0 Å². The molecule has 0 radical (unpaired) electrons. The normalized spacial score (nSPS) is 43.3. The molecule has 48 heavy (non-hydrogen) atoms. The maximum Gasteiger partial charge on any atom is 0.217 e. The predicted molar refractivity (Wildman–Crippen MR) is 148 cm³/mol. The fraction of sp³-hybridized carbons (Fsp3) is 0.962. The number of nitrogens with one attached hydrogen (secondary N) is 1. The molecule has 3 saturated heterocycles. The Morgan fingerprint density at radius 2 is 1.17 bits per heavy atom. The Kier molecular flexibility index (Phi) is 15.6. The van der Waals surface area contributed by atoms with E-state index < -0.39 is 155 Å². The van der Waals surface area contributed by atoms with Gasteiger partial charge in [-0.15, -0.1) is 0 Å². The summed E-state index contributed by atoms with van der Waals surface area (Å²) in [5, 5.41) is 144. The summed E-state index contributed by atoms with van der Waals surface area (Å²) in [6, 6.07) is -1.55. The van der Waals surface area contributed by atoms with E-state index in [-0.39, 0.29) is 0 Å². The van der Waals surface area contributed by atoms with Crippen molar-refractivity contribution >= 4 is 5.91 Å². The Morgan fingerprint density at radius 3 is 1.67 bits per heavy atom. The number of aliphatic hydroxyl groups excluding tert-OH is 14. The van der Waals surface area contributed by atoms with Crippen molar-refractivity contribution in [3.63, 3.8) is 0 Å². The highest BCUT2D eigenvalue weighted by Gasteiger charge is 2.52. The number of rotatable bonds is 15. The van der Waals surface area contributed by atoms with Crippen LogP contribution in [0.4, 0.5) is 0 Å². The maximum atomic E-state index is 12.0. The first-order valence-corrected chi connectivity index (χ1v) is 15.0. The van der Waals surface area contributed by atoms with E-state index in [9.17, 15) is 76.3 Å². The fourth-order valence-corrected chi connectivity index (χ4v) is 5.45. The summed E-state index contributed by atoms with van der Waals surface area (Å²) in [5.74, 6) is -0.740. The van der Waals surface area contributed by atoms with E-state index in [1.165, 1.54) is 0 Å². The average molecular weight is 710 g/mol. The Bertz CT molecular complexity index is 980. The molecule has 3 heterocycles. The first kappa shape index (κ1) is 41.1. The molecule has 3 aliphatic rings. The molecule has 1 amide bonds. The molecule has 0 aliphatic carbocycles. The molecular weight excluding hydrogens is 662 g/mol. The van der Waals surface area contributed by atoms with Gasteiger partial charge in [0.15, 0.2) is 18.9 Å². The number of aliphatic hydroxyl groups is 14. The van der Waals surface area contributed by atoms with Crippen LogP contribution in [0.2, 0.25) is 0 Å². The Morgan fingerprint density at radius 1 is 0.667 bits per heavy atom. The SMILES string of the molecule is CC(=O)N[C@H]1[C@H](OC[C@@H](O)[C@@H](O[C@@H]2O[C@H](CO)[C@H](O)[C@H](O)[C@H]2O)[C@H](O)[C@@H](O)CO)O[C@H](CO)[C@@H](O[C@@H]2O[C@H](CO)[C@H](O)[C@H](O)[C@H]2O)[C@@H]1O. The molecule has 0 aromatic carbocycles. The average Bonchev–Trinajstić information content (AvgIpc) is 3.07. The van der Waals surface area contributed by atoms with Crippen LogP contribution in [0.15, 0.2) is 0 Å². The van der Waals surface area contributed by atoms with Crippen LogP contribution >= 0.6 is 0 Å². The molecule has 282 valence electrons. The lowest BCUT2D eigenvalue weighted by atomic mass is 9.95. The predicted octanol–water partition coefficient (Wildman–Crippen LogP) is -9.97. The summed E-state index contributed by atoms with van der Waals surface area (Å²) >= 11 is 0. The van der Waals surface area contributed by atoms with Crippen LogP contribution in [0.3, 0.4) is 0 Å². The third kappa shape index (κ3) is 9.31. The zero-order chi connectivity index (χ0) is 36.0. The van der Waals surface area contributed by atoms with Gasteiger partial charge in [0.2, 0.25) is 5.91 Å². The van der Waals surface area contributed by atoms with Crippen molar-refractivity contribution in [3.8, 4) is 0 Å². The molecular formula is C26H47NO21. The summed E-state index contributed by atoms with van der Waals surface area (Å²) in [5.41, 5.74) is 0. The number of hydrogen-bond donors (Lipinski definition) is 15. The molecule has 3 fully saturated rings. The molecule has 22 heteroatoms. The van der Waals surface area contributed by atoms with Gasteiger partial charge in [-0.2, -0.15) is 0 Å². The molecule has 3 rings (SSSR count). The highest BCUT2D eigenvalue weighted by molar-refractivity contribution is 5.73. The Hall–Kier alpha value is -1.33. The molecule has 0 spiro atoms. The van der Waals surface area contributed by atoms with Crippen molar-refractivity contribution in [1.82, 2.24) is 5.32 Å². The quantitative estimate of drug-likeness (QED) is 0.0750. The van der Waals surface area contributed by atoms with Gasteiger partial charge in [0.25, 0.3) is 0 Å². The van der Waals surface area contributed by atoms with Gasteiger partial charge in [0, 0.05) is 6.92 Å². The van der Waals surface area contributed by atoms with E-state index >= 15 is 0 Å². The van der Waals surface area contributed by atoms with Crippen molar-refractivity contribution in [3.05, 3.63) is 0 Å². The van der Waals surface area contributed by atoms with Crippen LogP contribution in [0.25, 0.3) is 0 Å². The zero-order valence-electron chi connectivity index (χ0n) is 25.6. The van der Waals surface area contributed by atoms with Crippen LogP contribution in [0.5, 0.6) is 0 Å². The number of carbonyl (C=O) groups is 1. The lowest BCUT2D eigenvalue weighted by Crippen LogP contribution is -2.67. The van der Waals surface area contributed by atoms with Gasteiger partial charge in [-0.1, -0.05) is 0 Å². The standard InChI is InChI=1S/C26H47NO21/c1-7(32)27-13-17(38)23(48-26-21(42)19(40)16(37)11(4-30)45-26)12(5-31)46-24(13)43-6-9(34)22(14(35)8(33)2-28)47-25-20(41)18(39)15(36)10(3-29)44-25/h8-26,28-31,33-42H,2-6H2,1H3,(H,27,32)/t8-,9+,10+,11+,12+,13+,14+,15-,16-,17+,18-,19-,20+,21+,22+,23+,24+,25-,26-/m0/s1. The molecule has 0 aromatic heterocycles. The number of amides is 1. The van der Waals surface area contributed by atoms with Gasteiger partial charge >= 0.3 is 0 Å². The van der Waals surface area contributed by atoms with Crippen LogP contribution in [0.1, 0.15) is 6.92 Å². The number of ether oxygens (including phenoxy) is 6.